The summed E-state index contributed by atoms with van der Waals surface area (Å²) in [5, 5.41) is 3.30. The number of rotatable bonds is 5. The average molecular weight is 279 g/mol. The van der Waals surface area contributed by atoms with Crippen LogP contribution < -0.4 is 14.8 Å². The van der Waals surface area contributed by atoms with Crippen LogP contribution in [0.2, 0.25) is 0 Å². The summed E-state index contributed by atoms with van der Waals surface area (Å²) in [5.74, 6) is 1.63. The zero-order valence-electron chi connectivity index (χ0n) is 11.8. The third kappa shape index (κ3) is 3.06. The Balaban J connectivity index is 1.60. The standard InChI is InChI=1S/C15H21NO4/c1-16-13(9-18-12-4-6-17-7-5-12)11-2-3-14-15(8-11)20-10-19-14/h2-3,8,12-13,16H,4-7,9-10H2,1H3. The summed E-state index contributed by atoms with van der Waals surface area (Å²) >= 11 is 0. The van der Waals surface area contributed by atoms with Crippen molar-refractivity contribution < 1.29 is 18.9 Å². The molecule has 1 aromatic rings. The van der Waals surface area contributed by atoms with Gasteiger partial charge in [0.15, 0.2) is 11.5 Å². The van der Waals surface area contributed by atoms with E-state index in [4.69, 9.17) is 18.9 Å². The molecule has 1 fully saturated rings. The Bertz CT molecular complexity index is 445. The summed E-state index contributed by atoms with van der Waals surface area (Å²) in [7, 11) is 1.95. The van der Waals surface area contributed by atoms with Crippen molar-refractivity contribution in [2.24, 2.45) is 0 Å². The van der Waals surface area contributed by atoms with Gasteiger partial charge in [0.05, 0.1) is 18.8 Å². The van der Waals surface area contributed by atoms with E-state index >= 15 is 0 Å². The summed E-state index contributed by atoms with van der Waals surface area (Å²) < 4.78 is 22.1. The fourth-order valence-corrected chi connectivity index (χ4v) is 2.55. The van der Waals surface area contributed by atoms with Crippen molar-refractivity contribution >= 4 is 0 Å². The lowest BCUT2D eigenvalue weighted by Crippen LogP contribution is -2.28. The first-order valence-electron chi connectivity index (χ1n) is 7.13. The summed E-state index contributed by atoms with van der Waals surface area (Å²) in [4.78, 5) is 0. The molecule has 2 aliphatic heterocycles. The molecule has 1 aromatic carbocycles. The lowest BCUT2D eigenvalue weighted by molar-refractivity contribution is -0.0378. The maximum atomic E-state index is 6.00. The van der Waals surface area contributed by atoms with Crippen molar-refractivity contribution in [2.75, 3.05) is 33.7 Å². The molecule has 0 saturated carbocycles. The summed E-state index contributed by atoms with van der Waals surface area (Å²) in [5.41, 5.74) is 1.16. The van der Waals surface area contributed by atoms with Crippen LogP contribution in [-0.2, 0) is 9.47 Å². The topological polar surface area (TPSA) is 49.0 Å². The average Bonchev–Trinajstić information content (AvgIpc) is 2.96. The van der Waals surface area contributed by atoms with Crippen LogP contribution in [0.4, 0.5) is 0 Å². The molecular formula is C15H21NO4. The van der Waals surface area contributed by atoms with E-state index in [1.54, 1.807) is 0 Å². The van der Waals surface area contributed by atoms with Crippen molar-refractivity contribution in [1.29, 1.82) is 0 Å². The molecule has 5 heteroatoms. The van der Waals surface area contributed by atoms with Crippen LogP contribution in [-0.4, -0.2) is 39.8 Å². The fourth-order valence-electron chi connectivity index (χ4n) is 2.55. The quantitative estimate of drug-likeness (QED) is 0.891. The Morgan fingerprint density at radius 3 is 2.85 bits per heavy atom. The van der Waals surface area contributed by atoms with Gasteiger partial charge in [0.25, 0.3) is 0 Å². The van der Waals surface area contributed by atoms with Gasteiger partial charge in [-0.25, -0.2) is 0 Å². The Kier molecular flexibility index (Phi) is 4.40. The SMILES string of the molecule is CNC(COC1CCOCC1)c1ccc2c(c1)OCO2. The van der Waals surface area contributed by atoms with Crippen LogP contribution in [0, 0.1) is 0 Å². The number of nitrogens with one attached hydrogen (secondary N) is 1. The third-order valence-corrected chi connectivity index (χ3v) is 3.81. The van der Waals surface area contributed by atoms with Gasteiger partial charge in [-0.3, -0.25) is 0 Å². The minimum atomic E-state index is 0.160. The molecule has 1 unspecified atom stereocenters. The summed E-state index contributed by atoms with van der Waals surface area (Å²) in [6.07, 6.45) is 2.28. The molecular weight excluding hydrogens is 258 g/mol. The minimum absolute atomic E-state index is 0.160. The molecule has 0 spiro atoms. The van der Waals surface area contributed by atoms with E-state index in [2.05, 4.69) is 11.4 Å². The van der Waals surface area contributed by atoms with Gasteiger partial charge in [-0.05, 0) is 37.6 Å². The first-order valence-corrected chi connectivity index (χ1v) is 7.13. The minimum Gasteiger partial charge on any atom is -0.454 e. The second kappa shape index (κ2) is 6.43. The molecule has 110 valence electrons. The smallest absolute Gasteiger partial charge is 0.231 e. The Hall–Kier alpha value is -1.30. The molecule has 2 heterocycles. The van der Waals surface area contributed by atoms with Gasteiger partial charge in [-0.2, -0.15) is 0 Å². The second-order valence-electron chi connectivity index (χ2n) is 5.10. The van der Waals surface area contributed by atoms with Gasteiger partial charge in [0.2, 0.25) is 6.79 Å². The van der Waals surface area contributed by atoms with Crippen molar-refractivity contribution in [1.82, 2.24) is 5.32 Å². The maximum absolute atomic E-state index is 6.00. The highest BCUT2D eigenvalue weighted by Crippen LogP contribution is 2.34. The van der Waals surface area contributed by atoms with Crippen LogP contribution in [0.25, 0.3) is 0 Å². The summed E-state index contributed by atoms with van der Waals surface area (Å²) in [6.45, 7) is 2.57. The second-order valence-corrected chi connectivity index (χ2v) is 5.10. The van der Waals surface area contributed by atoms with Crippen LogP contribution in [0.5, 0.6) is 11.5 Å². The predicted octanol–water partition coefficient (Wildman–Crippen LogP) is 1.87. The maximum Gasteiger partial charge on any atom is 0.231 e. The van der Waals surface area contributed by atoms with Crippen molar-refractivity contribution in [2.45, 2.75) is 25.0 Å². The van der Waals surface area contributed by atoms with Gasteiger partial charge in [0, 0.05) is 13.2 Å². The largest absolute Gasteiger partial charge is 0.454 e. The van der Waals surface area contributed by atoms with Crippen LogP contribution in [0.15, 0.2) is 18.2 Å². The summed E-state index contributed by atoms with van der Waals surface area (Å²) in [6, 6.07) is 6.20. The Morgan fingerprint density at radius 2 is 2.05 bits per heavy atom. The zero-order valence-corrected chi connectivity index (χ0v) is 11.8. The number of ether oxygens (including phenoxy) is 4. The van der Waals surface area contributed by atoms with Gasteiger partial charge in [-0.1, -0.05) is 6.07 Å². The molecule has 3 rings (SSSR count). The molecule has 2 aliphatic rings. The van der Waals surface area contributed by atoms with Gasteiger partial charge in [-0.15, -0.1) is 0 Å². The van der Waals surface area contributed by atoms with E-state index < -0.39 is 0 Å². The van der Waals surface area contributed by atoms with E-state index in [0.29, 0.717) is 19.5 Å². The van der Waals surface area contributed by atoms with E-state index in [-0.39, 0.29) is 6.04 Å². The van der Waals surface area contributed by atoms with E-state index in [1.165, 1.54) is 0 Å². The van der Waals surface area contributed by atoms with Crippen LogP contribution in [0.1, 0.15) is 24.4 Å². The molecule has 1 N–H and O–H groups in total. The van der Waals surface area contributed by atoms with Gasteiger partial charge >= 0.3 is 0 Å². The number of likely N-dealkylation sites (N-methyl/N-ethyl adjacent to an activating group) is 1. The highest BCUT2D eigenvalue weighted by Gasteiger charge is 2.20. The van der Waals surface area contributed by atoms with Gasteiger partial charge < -0.3 is 24.3 Å². The normalized spacial score (nSPS) is 20.1. The van der Waals surface area contributed by atoms with E-state index in [1.807, 2.05) is 19.2 Å². The van der Waals surface area contributed by atoms with Crippen molar-refractivity contribution in [3.63, 3.8) is 0 Å². The molecule has 1 saturated heterocycles. The lowest BCUT2D eigenvalue weighted by atomic mass is 10.1. The third-order valence-electron chi connectivity index (χ3n) is 3.81. The van der Waals surface area contributed by atoms with Crippen LogP contribution in [0.3, 0.4) is 0 Å². The van der Waals surface area contributed by atoms with E-state index in [0.717, 1.165) is 43.1 Å². The molecule has 0 bridgehead atoms. The number of hydrogen-bond donors (Lipinski definition) is 1. The van der Waals surface area contributed by atoms with E-state index in [9.17, 15) is 0 Å². The molecule has 0 amide bonds. The van der Waals surface area contributed by atoms with Crippen molar-refractivity contribution in [3.05, 3.63) is 23.8 Å². The predicted molar refractivity (Wildman–Crippen MR) is 74.2 cm³/mol. The number of hydrogen-bond acceptors (Lipinski definition) is 5. The Morgan fingerprint density at radius 1 is 1.25 bits per heavy atom. The highest BCUT2D eigenvalue weighted by molar-refractivity contribution is 5.45. The monoisotopic (exact) mass is 279 g/mol. The zero-order chi connectivity index (χ0) is 13.8. The number of fused-ring (bicyclic) bond motifs is 1. The fraction of sp³-hybridized carbons (Fsp3) is 0.600. The first-order chi connectivity index (χ1) is 9.86. The lowest BCUT2D eigenvalue weighted by Gasteiger charge is -2.25. The molecule has 5 nitrogen and oxygen atoms in total. The van der Waals surface area contributed by atoms with Gasteiger partial charge in [0.1, 0.15) is 0 Å². The molecule has 0 aliphatic carbocycles. The number of benzene rings is 1. The Labute approximate surface area is 119 Å². The first kappa shape index (κ1) is 13.7. The molecule has 0 aromatic heterocycles. The van der Waals surface area contributed by atoms with Crippen LogP contribution >= 0.6 is 0 Å². The van der Waals surface area contributed by atoms with Crippen molar-refractivity contribution in [3.8, 4) is 11.5 Å². The molecule has 20 heavy (non-hydrogen) atoms. The molecule has 1 atom stereocenters. The highest BCUT2D eigenvalue weighted by atomic mass is 16.7. The molecule has 0 radical (unpaired) electrons.